The zero-order valence-corrected chi connectivity index (χ0v) is 6.18. The van der Waals surface area contributed by atoms with Crippen LogP contribution in [0.5, 0.6) is 0 Å². The standard InChI is InChI=1S/C8H10O2/c1-4-8(3)6(2)5-7(9)10-8/h1,6H,5H2,2-3H3/t6-,8-/m0/s1. The highest BCUT2D eigenvalue weighted by Crippen LogP contribution is 2.31. The van der Waals surface area contributed by atoms with Crippen molar-refractivity contribution in [3.63, 3.8) is 0 Å². The van der Waals surface area contributed by atoms with Gasteiger partial charge in [-0.15, -0.1) is 6.42 Å². The average Bonchev–Trinajstić information content (AvgIpc) is 2.09. The molecule has 1 aliphatic rings. The molecule has 1 rings (SSSR count). The predicted octanol–water partition coefficient (Wildman–Crippen LogP) is 0.961. The maximum Gasteiger partial charge on any atom is 0.307 e. The number of carbonyl (C=O) groups excluding carboxylic acids is 1. The molecule has 54 valence electrons. The molecular weight excluding hydrogens is 128 g/mol. The molecule has 0 aromatic rings. The lowest BCUT2D eigenvalue weighted by molar-refractivity contribution is -0.144. The normalized spacial score (nSPS) is 38.9. The van der Waals surface area contributed by atoms with Crippen LogP contribution >= 0.6 is 0 Å². The number of hydrogen-bond acceptors (Lipinski definition) is 2. The van der Waals surface area contributed by atoms with Crippen molar-refractivity contribution in [3.8, 4) is 12.3 Å². The van der Waals surface area contributed by atoms with E-state index in [1.807, 2.05) is 6.92 Å². The van der Waals surface area contributed by atoms with E-state index < -0.39 is 5.60 Å². The molecule has 0 aromatic carbocycles. The van der Waals surface area contributed by atoms with E-state index in [0.29, 0.717) is 6.42 Å². The number of rotatable bonds is 0. The Morgan fingerprint density at radius 3 is 2.70 bits per heavy atom. The maximum atomic E-state index is 10.7. The Labute approximate surface area is 60.6 Å². The highest BCUT2D eigenvalue weighted by atomic mass is 16.6. The second kappa shape index (κ2) is 2.02. The summed E-state index contributed by atoms with van der Waals surface area (Å²) in [4.78, 5) is 10.7. The summed E-state index contributed by atoms with van der Waals surface area (Å²) in [6.07, 6.45) is 5.64. The smallest absolute Gasteiger partial charge is 0.307 e. The van der Waals surface area contributed by atoms with Crippen molar-refractivity contribution < 1.29 is 9.53 Å². The molecule has 1 saturated heterocycles. The van der Waals surface area contributed by atoms with Gasteiger partial charge in [-0.05, 0) is 6.92 Å². The second-order valence-corrected chi connectivity index (χ2v) is 2.83. The van der Waals surface area contributed by atoms with Crippen LogP contribution < -0.4 is 0 Å². The van der Waals surface area contributed by atoms with E-state index in [0.717, 1.165) is 0 Å². The molecular formula is C8H10O2. The van der Waals surface area contributed by atoms with Crippen molar-refractivity contribution in [2.24, 2.45) is 5.92 Å². The molecule has 2 nitrogen and oxygen atoms in total. The third-order valence-electron chi connectivity index (χ3n) is 2.03. The van der Waals surface area contributed by atoms with Gasteiger partial charge in [0.15, 0.2) is 5.60 Å². The van der Waals surface area contributed by atoms with Gasteiger partial charge in [0.2, 0.25) is 0 Å². The van der Waals surface area contributed by atoms with Crippen molar-refractivity contribution in [1.82, 2.24) is 0 Å². The van der Waals surface area contributed by atoms with Crippen LogP contribution in [0, 0.1) is 18.3 Å². The van der Waals surface area contributed by atoms with Gasteiger partial charge in [0.25, 0.3) is 0 Å². The first-order valence-electron chi connectivity index (χ1n) is 3.28. The lowest BCUT2D eigenvalue weighted by atomic mass is 9.92. The van der Waals surface area contributed by atoms with Gasteiger partial charge in [0, 0.05) is 5.92 Å². The summed E-state index contributed by atoms with van der Waals surface area (Å²) >= 11 is 0. The van der Waals surface area contributed by atoms with Crippen LogP contribution in [0.25, 0.3) is 0 Å². The first-order chi connectivity index (χ1) is 4.58. The molecule has 0 aromatic heterocycles. The van der Waals surface area contributed by atoms with Crippen molar-refractivity contribution >= 4 is 5.97 Å². The Hall–Kier alpha value is -0.970. The minimum absolute atomic E-state index is 0.144. The summed E-state index contributed by atoms with van der Waals surface area (Å²) in [5.41, 5.74) is -0.656. The van der Waals surface area contributed by atoms with Gasteiger partial charge >= 0.3 is 5.97 Å². The van der Waals surface area contributed by atoms with Crippen LogP contribution in [0.2, 0.25) is 0 Å². The maximum absolute atomic E-state index is 10.7. The van der Waals surface area contributed by atoms with E-state index in [9.17, 15) is 4.79 Å². The minimum atomic E-state index is -0.656. The summed E-state index contributed by atoms with van der Waals surface area (Å²) in [5.74, 6) is 2.43. The molecule has 0 amide bonds. The summed E-state index contributed by atoms with van der Waals surface area (Å²) < 4.78 is 4.94. The zero-order valence-electron chi connectivity index (χ0n) is 6.18. The molecule has 1 fully saturated rings. The number of ether oxygens (including phenoxy) is 1. The lowest BCUT2D eigenvalue weighted by Crippen LogP contribution is -2.27. The number of esters is 1. The first-order valence-corrected chi connectivity index (χ1v) is 3.28. The summed E-state index contributed by atoms with van der Waals surface area (Å²) in [5, 5.41) is 0. The van der Waals surface area contributed by atoms with Crippen molar-refractivity contribution in [2.75, 3.05) is 0 Å². The van der Waals surface area contributed by atoms with E-state index in [4.69, 9.17) is 11.2 Å². The van der Waals surface area contributed by atoms with Crippen LogP contribution in [0.15, 0.2) is 0 Å². The van der Waals surface area contributed by atoms with E-state index >= 15 is 0 Å². The first kappa shape index (κ1) is 7.14. The van der Waals surface area contributed by atoms with Crippen LogP contribution in [0.4, 0.5) is 0 Å². The Balaban J connectivity index is 2.83. The zero-order chi connectivity index (χ0) is 7.78. The van der Waals surface area contributed by atoms with E-state index in [1.54, 1.807) is 6.92 Å². The molecule has 0 radical (unpaired) electrons. The van der Waals surface area contributed by atoms with Gasteiger partial charge in [0.05, 0.1) is 6.42 Å². The van der Waals surface area contributed by atoms with Gasteiger partial charge in [-0.1, -0.05) is 12.8 Å². The molecule has 0 unspecified atom stereocenters. The van der Waals surface area contributed by atoms with Crippen LogP contribution in [-0.4, -0.2) is 11.6 Å². The average molecular weight is 138 g/mol. The van der Waals surface area contributed by atoms with Crippen molar-refractivity contribution in [1.29, 1.82) is 0 Å². The van der Waals surface area contributed by atoms with Gasteiger partial charge in [-0.25, -0.2) is 0 Å². The van der Waals surface area contributed by atoms with Crippen LogP contribution in [-0.2, 0) is 9.53 Å². The monoisotopic (exact) mass is 138 g/mol. The molecule has 1 heterocycles. The molecule has 0 bridgehead atoms. The van der Waals surface area contributed by atoms with Gasteiger partial charge < -0.3 is 4.74 Å². The third kappa shape index (κ3) is 0.881. The summed E-state index contributed by atoms with van der Waals surface area (Å²) in [6, 6.07) is 0. The largest absolute Gasteiger partial charge is 0.446 e. The van der Waals surface area contributed by atoms with Crippen LogP contribution in [0.3, 0.4) is 0 Å². The van der Waals surface area contributed by atoms with E-state index in [2.05, 4.69) is 5.92 Å². The topological polar surface area (TPSA) is 26.3 Å². The number of terminal acetylenes is 1. The predicted molar refractivity (Wildman–Crippen MR) is 37.1 cm³/mol. The molecule has 1 aliphatic heterocycles. The van der Waals surface area contributed by atoms with E-state index in [-0.39, 0.29) is 11.9 Å². The highest BCUT2D eigenvalue weighted by molar-refractivity contribution is 5.73. The highest BCUT2D eigenvalue weighted by Gasteiger charge is 2.41. The molecule has 2 atom stereocenters. The molecule has 0 saturated carbocycles. The van der Waals surface area contributed by atoms with E-state index in [1.165, 1.54) is 0 Å². The number of carbonyl (C=O) groups is 1. The lowest BCUT2D eigenvalue weighted by Gasteiger charge is -2.19. The van der Waals surface area contributed by atoms with Crippen molar-refractivity contribution in [3.05, 3.63) is 0 Å². The Kier molecular flexibility index (Phi) is 1.44. The second-order valence-electron chi connectivity index (χ2n) is 2.83. The Bertz CT molecular complexity index is 202. The Morgan fingerprint density at radius 2 is 2.50 bits per heavy atom. The quantitative estimate of drug-likeness (QED) is 0.368. The third-order valence-corrected chi connectivity index (χ3v) is 2.03. The fourth-order valence-electron chi connectivity index (χ4n) is 0.995. The van der Waals surface area contributed by atoms with Gasteiger partial charge in [-0.3, -0.25) is 4.79 Å². The SMILES string of the molecule is C#C[C@]1(C)OC(=O)C[C@@H]1C. The molecule has 0 spiro atoms. The molecule has 0 N–H and O–H groups in total. The summed E-state index contributed by atoms with van der Waals surface area (Å²) in [7, 11) is 0. The van der Waals surface area contributed by atoms with Gasteiger partial charge in [-0.2, -0.15) is 0 Å². The molecule has 2 heteroatoms. The van der Waals surface area contributed by atoms with Gasteiger partial charge in [0.1, 0.15) is 0 Å². The number of hydrogen-bond donors (Lipinski definition) is 0. The van der Waals surface area contributed by atoms with Crippen molar-refractivity contribution in [2.45, 2.75) is 25.9 Å². The summed E-state index contributed by atoms with van der Waals surface area (Å²) in [6.45, 7) is 3.69. The molecule has 0 aliphatic carbocycles. The fourth-order valence-corrected chi connectivity index (χ4v) is 0.995. The number of cyclic esters (lactones) is 1. The van der Waals surface area contributed by atoms with Crippen LogP contribution in [0.1, 0.15) is 20.3 Å². The fraction of sp³-hybridized carbons (Fsp3) is 0.625. The molecule has 10 heavy (non-hydrogen) atoms. The Morgan fingerprint density at radius 1 is 1.90 bits per heavy atom. The minimum Gasteiger partial charge on any atom is -0.446 e.